The van der Waals surface area contributed by atoms with Gasteiger partial charge in [-0.05, 0) is 40.0 Å². The van der Waals surface area contributed by atoms with E-state index in [2.05, 4.69) is 0 Å². The van der Waals surface area contributed by atoms with Gasteiger partial charge in [0.15, 0.2) is 0 Å². The molecule has 0 aromatic heterocycles. The van der Waals surface area contributed by atoms with E-state index in [0.29, 0.717) is 12.8 Å². The molecule has 6 heteroatoms. The summed E-state index contributed by atoms with van der Waals surface area (Å²) in [5.41, 5.74) is -1.40. The Labute approximate surface area is 120 Å². The highest BCUT2D eigenvalue weighted by Crippen LogP contribution is 2.61. The van der Waals surface area contributed by atoms with Crippen molar-refractivity contribution in [2.24, 2.45) is 17.3 Å². The lowest BCUT2D eigenvalue weighted by molar-refractivity contribution is -0.173. The molecule has 5 atom stereocenters. The van der Waals surface area contributed by atoms with Crippen LogP contribution in [0.4, 0.5) is 0 Å². The fraction of sp³-hybridized carbons (Fsp3) is 0.929. The van der Waals surface area contributed by atoms with Crippen LogP contribution in [0.15, 0.2) is 0 Å². The van der Waals surface area contributed by atoms with E-state index in [-0.39, 0.29) is 17.8 Å². The smallest absolute Gasteiger partial charge is 0.311 e. The second kappa shape index (κ2) is 3.97. The van der Waals surface area contributed by atoms with Crippen LogP contribution in [-0.4, -0.2) is 31.3 Å². The first-order valence-corrected chi connectivity index (χ1v) is 8.74. The minimum atomic E-state index is -3.49. The van der Waals surface area contributed by atoms with Crippen LogP contribution in [-0.2, 0) is 23.8 Å². The maximum atomic E-state index is 12.3. The number of carbonyl (C=O) groups is 1. The largest absolute Gasteiger partial charge is 0.459 e. The minimum Gasteiger partial charge on any atom is -0.459 e. The fourth-order valence-corrected chi connectivity index (χ4v) is 6.05. The van der Waals surface area contributed by atoms with Crippen molar-refractivity contribution in [1.82, 2.24) is 0 Å². The Bertz CT molecular complexity index is 552. The lowest BCUT2D eigenvalue weighted by Gasteiger charge is -2.35. The van der Waals surface area contributed by atoms with Gasteiger partial charge in [0.1, 0.15) is 11.7 Å². The summed E-state index contributed by atoms with van der Waals surface area (Å²) in [5.74, 6) is -0.174. The normalized spacial score (nSPS) is 44.8. The van der Waals surface area contributed by atoms with Crippen LogP contribution >= 0.6 is 0 Å². The van der Waals surface area contributed by atoms with Crippen molar-refractivity contribution in [2.75, 3.05) is 0 Å². The molecule has 5 unspecified atom stereocenters. The molecule has 2 saturated carbocycles. The van der Waals surface area contributed by atoms with Gasteiger partial charge in [0.2, 0.25) is 0 Å². The third-order valence-electron chi connectivity index (χ3n) is 5.61. The van der Waals surface area contributed by atoms with Gasteiger partial charge in [-0.1, -0.05) is 6.92 Å². The summed E-state index contributed by atoms with van der Waals surface area (Å²) in [4.78, 5) is 12.3. The highest BCUT2D eigenvalue weighted by atomic mass is 32.2. The van der Waals surface area contributed by atoms with Crippen LogP contribution in [0.3, 0.4) is 0 Å². The molecule has 20 heavy (non-hydrogen) atoms. The summed E-state index contributed by atoms with van der Waals surface area (Å²) in [7, 11) is -3.49. The maximum Gasteiger partial charge on any atom is 0.311 e. The van der Waals surface area contributed by atoms with Gasteiger partial charge in [-0.15, -0.1) is 0 Å². The molecule has 0 amide bonds. The molecule has 2 aliphatic carbocycles. The average Bonchev–Trinajstić information content (AvgIpc) is 2.91. The summed E-state index contributed by atoms with van der Waals surface area (Å²) in [6, 6.07) is 0. The Kier molecular flexibility index (Phi) is 2.85. The van der Waals surface area contributed by atoms with Gasteiger partial charge in [0, 0.05) is 11.8 Å². The summed E-state index contributed by atoms with van der Waals surface area (Å²) < 4.78 is 35.1. The molecule has 1 heterocycles. The second-order valence-electron chi connectivity index (χ2n) is 7.20. The topological polar surface area (TPSA) is 69.7 Å². The molecule has 2 bridgehead atoms. The van der Waals surface area contributed by atoms with Crippen molar-refractivity contribution in [3.8, 4) is 0 Å². The number of carbonyl (C=O) groups excluding carboxylic acids is 1. The van der Waals surface area contributed by atoms with Gasteiger partial charge in [0.25, 0.3) is 10.1 Å². The van der Waals surface area contributed by atoms with Gasteiger partial charge in [-0.3, -0.25) is 8.98 Å². The lowest BCUT2D eigenvalue weighted by Crippen LogP contribution is -2.48. The zero-order chi connectivity index (χ0) is 14.9. The molecule has 1 aliphatic heterocycles. The number of esters is 1. The van der Waals surface area contributed by atoms with Crippen LogP contribution in [0.2, 0.25) is 0 Å². The standard InChI is InChI=1S/C14H22O5S/c1-5-13(2,3)12(15)18-11-8-6-9-10(7-8)20(16,17)19-14(9,11)4/h8-11H,5-7H2,1-4H3. The molecule has 0 radical (unpaired) electrons. The van der Waals surface area contributed by atoms with Gasteiger partial charge < -0.3 is 4.74 Å². The molecule has 0 spiro atoms. The van der Waals surface area contributed by atoms with Crippen molar-refractivity contribution in [2.45, 2.75) is 63.9 Å². The maximum absolute atomic E-state index is 12.3. The number of ether oxygens (including phenoxy) is 1. The Morgan fingerprint density at radius 2 is 2.05 bits per heavy atom. The zero-order valence-electron chi connectivity index (χ0n) is 12.4. The molecule has 0 N–H and O–H groups in total. The molecule has 3 fully saturated rings. The number of rotatable bonds is 3. The van der Waals surface area contributed by atoms with Crippen LogP contribution in [0.25, 0.3) is 0 Å². The third-order valence-corrected chi connectivity index (χ3v) is 7.46. The Morgan fingerprint density at radius 1 is 1.40 bits per heavy atom. The van der Waals surface area contributed by atoms with E-state index >= 15 is 0 Å². The van der Waals surface area contributed by atoms with Crippen molar-refractivity contribution in [3.63, 3.8) is 0 Å². The van der Waals surface area contributed by atoms with Gasteiger partial charge in [-0.25, -0.2) is 0 Å². The van der Waals surface area contributed by atoms with Crippen LogP contribution in [0, 0.1) is 17.3 Å². The molecule has 0 aromatic carbocycles. The Morgan fingerprint density at radius 3 is 2.65 bits per heavy atom. The first-order chi connectivity index (χ1) is 9.12. The lowest BCUT2D eigenvalue weighted by atomic mass is 9.82. The molecule has 3 aliphatic rings. The van der Waals surface area contributed by atoms with Gasteiger partial charge in [0.05, 0.1) is 10.7 Å². The summed E-state index contributed by atoms with van der Waals surface area (Å²) in [5, 5.41) is -0.397. The summed E-state index contributed by atoms with van der Waals surface area (Å²) >= 11 is 0. The van der Waals surface area contributed by atoms with Crippen LogP contribution < -0.4 is 0 Å². The number of hydrogen-bond donors (Lipinski definition) is 0. The van der Waals surface area contributed by atoms with E-state index < -0.39 is 32.5 Å². The molecule has 114 valence electrons. The van der Waals surface area contributed by atoms with Crippen LogP contribution in [0.1, 0.15) is 47.0 Å². The SMILES string of the molecule is CCC(C)(C)C(=O)OC1C2CC3C(C2)S(=O)(=O)OC31C. The predicted octanol–water partition coefficient (Wildman–Crippen LogP) is 1.86. The van der Waals surface area contributed by atoms with E-state index in [9.17, 15) is 13.2 Å². The molecule has 1 saturated heterocycles. The van der Waals surface area contributed by atoms with E-state index in [1.807, 2.05) is 20.8 Å². The fourth-order valence-electron chi connectivity index (χ4n) is 3.94. The monoisotopic (exact) mass is 302 g/mol. The second-order valence-corrected chi connectivity index (χ2v) is 8.96. The minimum absolute atomic E-state index is 0.0277. The number of fused-ring (bicyclic) bond motifs is 1. The molecular weight excluding hydrogens is 280 g/mol. The molecule has 5 nitrogen and oxygen atoms in total. The van der Waals surface area contributed by atoms with Crippen molar-refractivity contribution < 1.29 is 22.1 Å². The first-order valence-electron chi connectivity index (χ1n) is 7.27. The average molecular weight is 302 g/mol. The zero-order valence-corrected chi connectivity index (χ0v) is 13.2. The highest BCUT2D eigenvalue weighted by molar-refractivity contribution is 7.87. The third kappa shape index (κ3) is 1.70. The van der Waals surface area contributed by atoms with Crippen molar-refractivity contribution in [1.29, 1.82) is 0 Å². The molecule has 0 aromatic rings. The van der Waals surface area contributed by atoms with Crippen LogP contribution in [0.5, 0.6) is 0 Å². The highest BCUT2D eigenvalue weighted by Gasteiger charge is 2.72. The van der Waals surface area contributed by atoms with E-state index in [4.69, 9.17) is 8.92 Å². The number of hydrogen-bond acceptors (Lipinski definition) is 5. The van der Waals surface area contributed by atoms with Crippen molar-refractivity contribution in [3.05, 3.63) is 0 Å². The quantitative estimate of drug-likeness (QED) is 0.588. The predicted molar refractivity (Wildman–Crippen MR) is 72.4 cm³/mol. The van der Waals surface area contributed by atoms with E-state index in [0.717, 1.165) is 6.42 Å². The molecular formula is C14H22O5S. The van der Waals surface area contributed by atoms with Crippen molar-refractivity contribution >= 4 is 16.1 Å². The molecule has 3 rings (SSSR count). The first kappa shape index (κ1) is 14.3. The summed E-state index contributed by atoms with van der Waals surface area (Å²) in [6.45, 7) is 7.42. The summed E-state index contributed by atoms with van der Waals surface area (Å²) in [6.07, 6.45) is 1.60. The van der Waals surface area contributed by atoms with Gasteiger partial charge >= 0.3 is 5.97 Å². The Hall–Kier alpha value is -0.620. The van der Waals surface area contributed by atoms with Gasteiger partial charge in [-0.2, -0.15) is 8.42 Å². The Balaban J connectivity index is 1.86. The van der Waals surface area contributed by atoms with E-state index in [1.54, 1.807) is 6.92 Å². The van der Waals surface area contributed by atoms with E-state index in [1.165, 1.54) is 0 Å².